The average Bonchev–Trinajstić information content (AvgIpc) is 2.21. The van der Waals surface area contributed by atoms with Gasteiger partial charge in [0.15, 0.2) is 0 Å². The van der Waals surface area contributed by atoms with Gasteiger partial charge in [-0.2, -0.15) is 0 Å². The Bertz CT molecular complexity index is 259. The molecule has 4 N–H and O–H groups in total. The number of carbonyl (C=O) groups is 1. The fraction of sp³-hybridized carbons (Fsp3) is 0.500. The fourth-order valence-electron chi connectivity index (χ4n) is 0.869. The number of alkyl halides is 1. The van der Waals surface area contributed by atoms with Crippen LogP contribution in [0, 0.1) is 0 Å². The van der Waals surface area contributed by atoms with E-state index in [1.54, 1.807) is 0 Å². The molecule has 0 aromatic heterocycles. The predicted molar refractivity (Wildman–Crippen MR) is 64.4 cm³/mol. The van der Waals surface area contributed by atoms with E-state index in [2.05, 4.69) is 18.5 Å². The van der Waals surface area contributed by atoms with Crippen molar-refractivity contribution in [2.75, 3.05) is 13.2 Å². The van der Waals surface area contributed by atoms with Crippen molar-refractivity contribution in [2.45, 2.75) is 18.9 Å². The van der Waals surface area contributed by atoms with Crippen molar-refractivity contribution in [1.82, 2.24) is 5.32 Å². The van der Waals surface area contributed by atoms with Gasteiger partial charge in [-0.1, -0.05) is 18.7 Å². The standard InChI is InChI=1S/C10H17FN2O2.ClH/c1-7(6-13-8(2)5-11)3-4-9(12)10(14)15;/h9,13H,1-6,12H2,(H,14,15);1H. The van der Waals surface area contributed by atoms with E-state index in [1.165, 1.54) is 0 Å². The maximum atomic E-state index is 12.0. The minimum absolute atomic E-state index is 0. The molecule has 0 aliphatic carbocycles. The third kappa shape index (κ3) is 8.26. The second-order valence-corrected chi connectivity index (χ2v) is 3.32. The van der Waals surface area contributed by atoms with Gasteiger partial charge in [-0.05, 0) is 12.8 Å². The minimum Gasteiger partial charge on any atom is -0.480 e. The number of aliphatic carboxylic acids is 1. The van der Waals surface area contributed by atoms with Crippen molar-refractivity contribution in [3.8, 4) is 0 Å². The van der Waals surface area contributed by atoms with Crippen LogP contribution in [-0.4, -0.2) is 30.3 Å². The molecule has 0 aromatic rings. The summed E-state index contributed by atoms with van der Waals surface area (Å²) in [5.41, 5.74) is 6.38. The highest BCUT2D eigenvalue weighted by atomic mass is 35.5. The maximum absolute atomic E-state index is 12.0. The highest BCUT2D eigenvalue weighted by molar-refractivity contribution is 5.85. The second kappa shape index (κ2) is 9.18. The van der Waals surface area contributed by atoms with Gasteiger partial charge in [0.25, 0.3) is 0 Å². The van der Waals surface area contributed by atoms with Crippen molar-refractivity contribution in [2.24, 2.45) is 5.73 Å². The van der Waals surface area contributed by atoms with E-state index < -0.39 is 18.7 Å². The zero-order valence-electron chi connectivity index (χ0n) is 9.04. The number of carboxylic acids is 1. The van der Waals surface area contributed by atoms with Crippen LogP contribution in [0.3, 0.4) is 0 Å². The van der Waals surface area contributed by atoms with Crippen LogP contribution < -0.4 is 11.1 Å². The number of nitrogens with one attached hydrogen (secondary N) is 1. The number of allylic oxidation sites excluding steroid dienone is 1. The number of halogens is 2. The van der Waals surface area contributed by atoms with Crippen LogP contribution >= 0.6 is 12.4 Å². The summed E-state index contributed by atoms with van der Waals surface area (Å²) in [6.45, 7) is 6.92. The summed E-state index contributed by atoms with van der Waals surface area (Å²) in [5.74, 6) is -1.02. The Morgan fingerprint density at radius 2 is 2.06 bits per heavy atom. The van der Waals surface area contributed by atoms with Gasteiger partial charge in [0.2, 0.25) is 0 Å². The molecule has 0 aliphatic heterocycles. The molecule has 0 bridgehead atoms. The summed E-state index contributed by atoms with van der Waals surface area (Å²) in [4.78, 5) is 10.4. The van der Waals surface area contributed by atoms with E-state index in [1.807, 2.05) is 0 Å². The van der Waals surface area contributed by atoms with Crippen LogP contribution in [-0.2, 0) is 4.79 Å². The second-order valence-electron chi connectivity index (χ2n) is 3.32. The molecule has 1 unspecified atom stereocenters. The van der Waals surface area contributed by atoms with Gasteiger partial charge in [0, 0.05) is 12.2 Å². The molecule has 0 spiro atoms. The summed E-state index contributed by atoms with van der Waals surface area (Å²) in [7, 11) is 0. The number of nitrogens with two attached hydrogens (primary N) is 1. The van der Waals surface area contributed by atoms with Gasteiger partial charge in [0.05, 0.1) is 0 Å². The Kier molecular flexibility index (Phi) is 9.94. The molecule has 0 saturated heterocycles. The van der Waals surface area contributed by atoms with Gasteiger partial charge in [0.1, 0.15) is 12.7 Å². The van der Waals surface area contributed by atoms with E-state index in [-0.39, 0.29) is 12.4 Å². The lowest BCUT2D eigenvalue weighted by molar-refractivity contribution is -0.138. The molecular weight excluding hydrogens is 235 g/mol. The van der Waals surface area contributed by atoms with Crippen molar-refractivity contribution in [1.29, 1.82) is 0 Å². The molecule has 0 heterocycles. The van der Waals surface area contributed by atoms with Crippen LogP contribution in [0.4, 0.5) is 4.39 Å². The molecule has 0 rings (SSSR count). The smallest absolute Gasteiger partial charge is 0.320 e. The highest BCUT2D eigenvalue weighted by Crippen LogP contribution is 2.04. The number of rotatable bonds is 8. The first-order valence-corrected chi connectivity index (χ1v) is 4.60. The van der Waals surface area contributed by atoms with Gasteiger partial charge >= 0.3 is 5.97 Å². The van der Waals surface area contributed by atoms with Crippen molar-refractivity contribution in [3.63, 3.8) is 0 Å². The molecule has 0 radical (unpaired) electrons. The third-order valence-corrected chi connectivity index (χ3v) is 1.88. The Labute approximate surface area is 101 Å². The molecule has 0 aliphatic rings. The predicted octanol–water partition coefficient (Wildman–Crippen LogP) is 1.23. The molecule has 1 atom stereocenters. The van der Waals surface area contributed by atoms with Gasteiger partial charge in [-0.25, -0.2) is 4.39 Å². The number of hydrogen-bond donors (Lipinski definition) is 3. The lowest BCUT2D eigenvalue weighted by Gasteiger charge is -2.10. The molecule has 4 nitrogen and oxygen atoms in total. The average molecular weight is 253 g/mol. The molecular formula is C10H18ClFN2O2. The highest BCUT2D eigenvalue weighted by Gasteiger charge is 2.11. The minimum atomic E-state index is -1.02. The SMILES string of the molecule is C=C(CCC(N)C(=O)O)CNC(=C)CF.Cl. The van der Waals surface area contributed by atoms with Gasteiger partial charge in [-0.15, -0.1) is 12.4 Å². The van der Waals surface area contributed by atoms with Crippen LogP contribution in [0.5, 0.6) is 0 Å². The molecule has 6 heteroatoms. The Balaban J connectivity index is 0. The third-order valence-electron chi connectivity index (χ3n) is 1.88. The van der Waals surface area contributed by atoms with Crippen molar-refractivity contribution >= 4 is 18.4 Å². The van der Waals surface area contributed by atoms with E-state index in [4.69, 9.17) is 10.8 Å². The monoisotopic (exact) mass is 252 g/mol. The molecule has 16 heavy (non-hydrogen) atoms. The van der Waals surface area contributed by atoms with E-state index in [9.17, 15) is 9.18 Å². The first-order valence-electron chi connectivity index (χ1n) is 4.60. The fourth-order valence-corrected chi connectivity index (χ4v) is 0.869. The first-order chi connectivity index (χ1) is 6.97. The van der Waals surface area contributed by atoms with Crippen molar-refractivity contribution in [3.05, 3.63) is 24.4 Å². The van der Waals surface area contributed by atoms with E-state index in [0.29, 0.717) is 25.1 Å². The topological polar surface area (TPSA) is 75.4 Å². The van der Waals surface area contributed by atoms with Crippen LogP contribution in [0.1, 0.15) is 12.8 Å². The van der Waals surface area contributed by atoms with Crippen LogP contribution in [0.25, 0.3) is 0 Å². The van der Waals surface area contributed by atoms with Crippen LogP contribution in [0.2, 0.25) is 0 Å². The molecule has 0 amide bonds. The summed E-state index contributed by atoms with van der Waals surface area (Å²) >= 11 is 0. The molecule has 0 saturated carbocycles. The van der Waals surface area contributed by atoms with E-state index >= 15 is 0 Å². The maximum Gasteiger partial charge on any atom is 0.320 e. The summed E-state index contributed by atoms with van der Waals surface area (Å²) in [6, 6.07) is -0.869. The molecule has 0 aromatic carbocycles. The summed E-state index contributed by atoms with van der Waals surface area (Å²) < 4.78 is 12.0. The lowest BCUT2D eigenvalue weighted by atomic mass is 10.1. The zero-order valence-corrected chi connectivity index (χ0v) is 9.86. The number of carboxylic acid groups (broad SMARTS) is 1. The first kappa shape index (κ1) is 17.3. The Hall–Kier alpha value is -1.07. The Morgan fingerprint density at radius 3 is 2.50 bits per heavy atom. The normalized spacial score (nSPS) is 11.1. The molecule has 0 fully saturated rings. The van der Waals surface area contributed by atoms with Gasteiger partial charge in [-0.3, -0.25) is 4.79 Å². The lowest BCUT2D eigenvalue weighted by Crippen LogP contribution is -2.30. The van der Waals surface area contributed by atoms with Gasteiger partial charge < -0.3 is 16.2 Å². The molecule has 94 valence electrons. The summed E-state index contributed by atoms with van der Waals surface area (Å²) in [5, 5.41) is 11.2. The largest absolute Gasteiger partial charge is 0.480 e. The Morgan fingerprint density at radius 1 is 1.50 bits per heavy atom. The number of hydrogen-bond acceptors (Lipinski definition) is 3. The zero-order chi connectivity index (χ0) is 11.8. The van der Waals surface area contributed by atoms with Crippen LogP contribution in [0.15, 0.2) is 24.4 Å². The van der Waals surface area contributed by atoms with E-state index in [0.717, 1.165) is 5.57 Å². The summed E-state index contributed by atoms with van der Waals surface area (Å²) in [6.07, 6.45) is 0.831. The van der Waals surface area contributed by atoms with Crippen molar-refractivity contribution < 1.29 is 14.3 Å². The quantitative estimate of drug-likeness (QED) is 0.568.